The number of para-hydroxylation sites is 1. The molecule has 0 aliphatic heterocycles. The van der Waals surface area contributed by atoms with Crippen molar-refractivity contribution in [3.63, 3.8) is 0 Å². The maximum absolute atomic E-state index is 12.2. The van der Waals surface area contributed by atoms with Crippen molar-refractivity contribution in [3.8, 4) is 5.75 Å². The van der Waals surface area contributed by atoms with Gasteiger partial charge in [0.15, 0.2) is 6.10 Å². The average molecular weight is 299 g/mol. The van der Waals surface area contributed by atoms with Crippen LogP contribution in [0, 0.1) is 0 Å². The van der Waals surface area contributed by atoms with Crippen LogP contribution < -0.4 is 10.1 Å². The van der Waals surface area contributed by atoms with Gasteiger partial charge in [0.25, 0.3) is 5.91 Å². The van der Waals surface area contributed by atoms with Crippen molar-refractivity contribution in [2.45, 2.75) is 38.8 Å². The molecule has 1 heterocycles. The minimum atomic E-state index is -0.524. The summed E-state index contributed by atoms with van der Waals surface area (Å²) in [7, 11) is 1.93. The third-order valence-corrected chi connectivity index (χ3v) is 4.05. The van der Waals surface area contributed by atoms with Gasteiger partial charge in [0, 0.05) is 7.05 Å². The highest BCUT2D eigenvalue weighted by Gasteiger charge is 2.22. The molecule has 1 aromatic heterocycles. The third kappa shape index (κ3) is 2.98. The van der Waals surface area contributed by atoms with Gasteiger partial charge in [-0.2, -0.15) is 5.10 Å². The highest BCUT2D eigenvalue weighted by atomic mass is 16.5. The van der Waals surface area contributed by atoms with E-state index in [1.165, 1.54) is 11.3 Å². The predicted octanol–water partition coefficient (Wildman–Crippen LogP) is 1.99. The molecule has 0 saturated carbocycles. The van der Waals surface area contributed by atoms with Crippen molar-refractivity contribution < 1.29 is 9.53 Å². The molecule has 0 saturated heterocycles. The van der Waals surface area contributed by atoms with E-state index in [9.17, 15) is 4.79 Å². The van der Waals surface area contributed by atoms with Crippen LogP contribution >= 0.6 is 0 Å². The van der Waals surface area contributed by atoms with Crippen LogP contribution in [-0.2, 0) is 31.2 Å². The fourth-order valence-corrected chi connectivity index (χ4v) is 2.88. The van der Waals surface area contributed by atoms with Crippen LogP contribution in [0.2, 0.25) is 0 Å². The van der Waals surface area contributed by atoms with E-state index in [1.807, 2.05) is 42.1 Å². The van der Waals surface area contributed by atoms with E-state index in [2.05, 4.69) is 10.4 Å². The fraction of sp³-hybridized carbons (Fsp3) is 0.412. The van der Waals surface area contributed by atoms with Gasteiger partial charge in [-0.05, 0) is 43.9 Å². The molecule has 116 valence electrons. The summed E-state index contributed by atoms with van der Waals surface area (Å²) < 4.78 is 7.52. The van der Waals surface area contributed by atoms with Crippen LogP contribution in [0.1, 0.15) is 30.3 Å². The average Bonchev–Trinajstić information content (AvgIpc) is 3.06. The molecule has 5 heteroatoms. The zero-order chi connectivity index (χ0) is 15.5. The second-order valence-corrected chi connectivity index (χ2v) is 5.64. The van der Waals surface area contributed by atoms with Crippen molar-refractivity contribution in [2.24, 2.45) is 7.05 Å². The van der Waals surface area contributed by atoms with Crippen molar-refractivity contribution in [2.75, 3.05) is 0 Å². The first kappa shape index (κ1) is 14.6. The minimum Gasteiger partial charge on any atom is -0.481 e. The lowest BCUT2D eigenvalue weighted by molar-refractivity contribution is -0.127. The van der Waals surface area contributed by atoms with Gasteiger partial charge in [-0.25, -0.2) is 0 Å². The molecule has 5 nitrogen and oxygen atoms in total. The standard InChI is InChI=1S/C17H21N3O2/c1-12(22-13-7-4-3-5-8-13)17(21)18-11-16-14-9-6-10-15(14)19-20(16)2/h3-5,7-8,12H,6,9-11H2,1-2H3,(H,18,21)/t12-/m1/s1. The molecule has 0 bridgehead atoms. The van der Waals surface area contributed by atoms with Crippen LogP contribution in [0.3, 0.4) is 0 Å². The number of carbonyl (C=O) groups is 1. The smallest absolute Gasteiger partial charge is 0.261 e. The van der Waals surface area contributed by atoms with Crippen LogP contribution in [0.4, 0.5) is 0 Å². The van der Waals surface area contributed by atoms with Gasteiger partial charge >= 0.3 is 0 Å². The first-order valence-corrected chi connectivity index (χ1v) is 7.68. The molecule has 3 rings (SSSR count). The third-order valence-electron chi connectivity index (χ3n) is 4.05. The molecule has 1 N–H and O–H groups in total. The molecular weight excluding hydrogens is 278 g/mol. The summed E-state index contributed by atoms with van der Waals surface area (Å²) in [5, 5.41) is 7.47. The van der Waals surface area contributed by atoms with Gasteiger partial charge in [-0.1, -0.05) is 18.2 Å². The Morgan fingerprint density at radius 2 is 2.14 bits per heavy atom. The summed E-state index contributed by atoms with van der Waals surface area (Å²) in [4.78, 5) is 12.2. The van der Waals surface area contributed by atoms with E-state index in [-0.39, 0.29) is 5.91 Å². The number of ether oxygens (including phenoxy) is 1. The van der Waals surface area contributed by atoms with Crippen LogP contribution in [-0.4, -0.2) is 21.8 Å². The lowest BCUT2D eigenvalue weighted by Crippen LogP contribution is -2.36. The summed E-state index contributed by atoms with van der Waals surface area (Å²) in [5.74, 6) is 0.586. The van der Waals surface area contributed by atoms with Crippen LogP contribution in [0.5, 0.6) is 5.75 Å². The maximum Gasteiger partial charge on any atom is 0.261 e. The number of carbonyl (C=O) groups excluding carboxylic acids is 1. The summed E-state index contributed by atoms with van der Waals surface area (Å²) in [6, 6.07) is 9.38. The number of hydrogen-bond acceptors (Lipinski definition) is 3. The van der Waals surface area contributed by atoms with Crippen molar-refractivity contribution in [1.29, 1.82) is 0 Å². The van der Waals surface area contributed by atoms with Gasteiger partial charge < -0.3 is 10.1 Å². The number of aryl methyl sites for hydroxylation is 2. The number of nitrogens with zero attached hydrogens (tertiary/aromatic N) is 2. The topological polar surface area (TPSA) is 56.1 Å². The summed E-state index contributed by atoms with van der Waals surface area (Å²) in [5.41, 5.74) is 3.59. The molecule has 22 heavy (non-hydrogen) atoms. The van der Waals surface area contributed by atoms with Crippen LogP contribution in [0.15, 0.2) is 30.3 Å². The second-order valence-electron chi connectivity index (χ2n) is 5.64. The van der Waals surface area contributed by atoms with E-state index in [4.69, 9.17) is 4.74 Å². The van der Waals surface area contributed by atoms with Crippen LogP contribution in [0.25, 0.3) is 0 Å². The molecule has 0 unspecified atom stereocenters. The molecule has 2 aromatic rings. The number of nitrogens with one attached hydrogen (secondary N) is 1. The van der Waals surface area contributed by atoms with Gasteiger partial charge in [0.1, 0.15) is 5.75 Å². The number of hydrogen-bond donors (Lipinski definition) is 1. The highest BCUT2D eigenvalue weighted by Crippen LogP contribution is 2.24. The molecule has 1 aliphatic carbocycles. The molecular formula is C17H21N3O2. The Hall–Kier alpha value is -2.30. The molecule has 0 fully saturated rings. The summed E-state index contributed by atoms with van der Waals surface area (Å²) in [6.07, 6.45) is 2.74. The number of aromatic nitrogens is 2. The molecule has 1 aliphatic rings. The largest absolute Gasteiger partial charge is 0.481 e. The van der Waals surface area contributed by atoms with E-state index >= 15 is 0 Å². The lowest BCUT2D eigenvalue weighted by atomic mass is 10.2. The Labute approximate surface area is 130 Å². The number of rotatable bonds is 5. The van der Waals surface area contributed by atoms with E-state index in [0.29, 0.717) is 12.3 Å². The van der Waals surface area contributed by atoms with Crippen molar-refractivity contribution in [3.05, 3.63) is 47.3 Å². The predicted molar refractivity (Wildman–Crippen MR) is 83.6 cm³/mol. The zero-order valence-electron chi connectivity index (χ0n) is 13.0. The maximum atomic E-state index is 12.2. The molecule has 0 spiro atoms. The summed E-state index contributed by atoms with van der Waals surface area (Å²) >= 11 is 0. The number of benzene rings is 1. The molecule has 1 atom stereocenters. The van der Waals surface area contributed by atoms with E-state index < -0.39 is 6.10 Å². The second kappa shape index (κ2) is 6.22. The minimum absolute atomic E-state index is 0.114. The highest BCUT2D eigenvalue weighted by molar-refractivity contribution is 5.80. The number of amides is 1. The fourth-order valence-electron chi connectivity index (χ4n) is 2.88. The Bertz CT molecular complexity index is 664. The Morgan fingerprint density at radius 1 is 1.36 bits per heavy atom. The van der Waals surface area contributed by atoms with Gasteiger partial charge in [-0.3, -0.25) is 9.48 Å². The normalized spacial score (nSPS) is 14.5. The van der Waals surface area contributed by atoms with E-state index in [0.717, 1.165) is 25.0 Å². The first-order valence-electron chi connectivity index (χ1n) is 7.68. The Morgan fingerprint density at radius 3 is 2.91 bits per heavy atom. The van der Waals surface area contributed by atoms with Gasteiger partial charge in [0.05, 0.1) is 17.9 Å². The zero-order valence-corrected chi connectivity index (χ0v) is 13.0. The first-order chi connectivity index (χ1) is 10.6. The lowest BCUT2D eigenvalue weighted by Gasteiger charge is -2.15. The Kier molecular flexibility index (Phi) is 4.13. The van der Waals surface area contributed by atoms with Gasteiger partial charge in [0.2, 0.25) is 0 Å². The molecule has 0 radical (unpaired) electrons. The number of fused-ring (bicyclic) bond motifs is 1. The quantitative estimate of drug-likeness (QED) is 0.918. The van der Waals surface area contributed by atoms with Crippen molar-refractivity contribution >= 4 is 5.91 Å². The molecule has 1 aromatic carbocycles. The Balaban J connectivity index is 1.58. The monoisotopic (exact) mass is 299 g/mol. The van der Waals surface area contributed by atoms with Gasteiger partial charge in [-0.15, -0.1) is 0 Å². The SMILES string of the molecule is C[C@@H](Oc1ccccc1)C(=O)NCc1c2c(nn1C)CCC2. The molecule has 1 amide bonds. The van der Waals surface area contributed by atoms with E-state index in [1.54, 1.807) is 6.92 Å². The summed E-state index contributed by atoms with van der Waals surface area (Å²) in [6.45, 7) is 2.26. The van der Waals surface area contributed by atoms with Crippen molar-refractivity contribution in [1.82, 2.24) is 15.1 Å².